The van der Waals surface area contributed by atoms with Crippen LogP contribution in [-0.2, 0) is 0 Å². The lowest BCUT2D eigenvalue weighted by Gasteiger charge is -2.11. The van der Waals surface area contributed by atoms with Crippen molar-refractivity contribution in [2.24, 2.45) is 0 Å². The predicted molar refractivity (Wildman–Crippen MR) is 174 cm³/mol. The molecule has 0 radical (unpaired) electrons. The maximum Gasteiger partial charge on any atom is 0.160 e. The Balaban J connectivity index is 1.26. The van der Waals surface area contributed by atoms with Gasteiger partial charge in [0.25, 0.3) is 0 Å². The summed E-state index contributed by atoms with van der Waals surface area (Å²) in [5.41, 5.74) is 8.83. The van der Waals surface area contributed by atoms with Crippen LogP contribution in [0.15, 0.2) is 146 Å². The summed E-state index contributed by atoms with van der Waals surface area (Å²) in [5.74, 6) is 0.737. The lowest BCUT2D eigenvalue weighted by atomic mass is 9.98. The Morgan fingerprint density at radius 3 is 1.78 bits per heavy atom. The molecule has 0 unspecified atom stereocenters. The van der Waals surface area contributed by atoms with Gasteiger partial charge in [-0.05, 0) is 40.5 Å². The molecule has 0 aliphatic rings. The average molecular weight is 541 g/mol. The molecule has 192 valence electrons. The molecule has 2 heterocycles. The zero-order valence-corrected chi connectivity index (χ0v) is 23.0. The monoisotopic (exact) mass is 540 g/mol. The zero-order chi connectivity index (χ0) is 27.2. The molecule has 41 heavy (non-hydrogen) atoms. The Labute approximate surface area is 242 Å². The van der Waals surface area contributed by atoms with Crippen LogP contribution in [0.2, 0.25) is 0 Å². The van der Waals surface area contributed by atoms with Crippen molar-refractivity contribution in [3.63, 3.8) is 0 Å². The molecule has 0 fully saturated rings. The van der Waals surface area contributed by atoms with E-state index in [4.69, 9.17) is 9.97 Å². The molecular formula is C38H24N2S. The van der Waals surface area contributed by atoms with E-state index in [1.54, 1.807) is 0 Å². The average Bonchev–Trinajstić information content (AvgIpc) is 3.44. The Morgan fingerprint density at radius 2 is 1.02 bits per heavy atom. The van der Waals surface area contributed by atoms with E-state index in [-0.39, 0.29) is 0 Å². The number of hydrogen-bond donors (Lipinski definition) is 0. The highest BCUT2D eigenvalue weighted by atomic mass is 32.1. The van der Waals surface area contributed by atoms with E-state index in [0.717, 1.165) is 33.5 Å². The van der Waals surface area contributed by atoms with Gasteiger partial charge in [-0.2, -0.15) is 0 Å². The summed E-state index contributed by atoms with van der Waals surface area (Å²) < 4.78 is 2.52. The molecule has 6 aromatic carbocycles. The Hall–Kier alpha value is -5.12. The second kappa shape index (κ2) is 9.81. The topological polar surface area (TPSA) is 25.8 Å². The SMILES string of the molecule is c1ccc(-c2cccc(-c3ccc(-c4nc(-c5ccccc5)c5c(ccc6c7ccccc7sc65)n4)cc3)c2)cc1. The minimum Gasteiger partial charge on any atom is -0.228 e. The van der Waals surface area contributed by atoms with Crippen LogP contribution in [0.4, 0.5) is 0 Å². The van der Waals surface area contributed by atoms with E-state index in [0.29, 0.717) is 0 Å². The van der Waals surface area contributed by atoms with Crippen molar-refractivity contribution < 1.29 is 0 Å². The number of benzene rings is 6. The maximum absolute atomic E-state index is 5.21. The van der Waals surface area contributed by atoms with Crippen molar-refractivity contribution in [2.45, 2.75) is 0 Å². The Morgan fingerprint density at radius 1 is 0.415 bits per heavy atom. The standard InChI is InChI=1S/C38H24N2S/c1-3-10-25(11-4-1)29-14-9-15-30(24-29)26-18-20-28(21-19-26)38-39-33-23-22-32-31-16-7-8-17-34(31)41-37(32)35(33)36(40-38)27-12-5-2-6-13-27/h1-24H. The lowest BCUT2D eigenvalue weighted by molar-refractivity contribution is 1.23. The van der Waals surface area contributed by atoms with Crippen molar-refractivity contribution in [1.29, 1.82) is 0 Å². The molecule has 0 saturated carbocycles. The molecule has 0 N–H and O–H groups in total. The summed E-state index contributed by atoms with van der Waals surface area (Å²) in [6, 6.07) is 51.3. The molecule has 3 heteroatoms. The van der Waals surface area contributed by atoms with E-state index >= 15 is 0 Å². The highest BCUT2D eigenvalue weighted by Gasteiger charge is 2.17. The van der Waals surface area contributed by atoms with Crippen molar-refractivity contribution in [3.05, 3.63) is 146 Å². The van der Waals surface area contributed by atoms with Gasteiger partial charge in [-0.25, -0.2) is 9.97 Å². The van der Waals surface area contributed by atoms with Gasteiger partial charge in [0.05, 0.1) is 11.2 Å². The van der Waals surface area contributed by atoms with Crippen LogP contribution in [0, 0.1) is 0 Å². The molecule has 0 amide bonds. The van der Waals surface area contributed by atoms with Crippen LogP contribution in [0.25, 0.3) is 76.0 Å². The van der Waals surface area contributed by atoms with Crippen molar-refractivity contribution in [3.8, 4) is 44.9 Å². The van der Waals surface area contributed by atoms with Crippen LogP contribution in [0.3, 0.4) is 0 Å². The van der Waals surface area contributed by atoms with Crippen LogP contribution in [0.5, 0.6) is 0 Å². The molecule has 0 aliphatic carbocycles. The molecule has 0 aliphatic heterocycles. The lowest BCUT2D eigenvalue weighted by Crippen LogP contribution is -1.95. The predicted octanol–water partition coefficient (Wildman–Crippen LogP) is 10.7. The highest BCUT2D eigenvalue weighted by molar-refractivity contribution is 7.26. The summed E-state index contributed by atoms with van der Waals surface area (Å²) in [5, 5.41) is 3.66. The van der Waals surface area contributed by atoms with E-state index in [1.165, 1.54) is 42.4 Å². The van der Waals surface area contributed by atoms with Gasteiger partial charge in [0.15, 0.2) is 5.82 Å². The van der Waals surface area contributed by atoms with Gasteiger partial charge in [0, 0.05) is 36.7 Å². The zero-order valence-electron chi connectivity index (χ0n) is 22.2. The molecule has 8 aromatic rings. The number of thiophene rings is 1. The van der Waals surface area contributed by atoms with E-state index < -0.39 is 0 Å². The third-order valence-electron chi connectivity index (χ3n) is 7.70. The van der Waals surface area contributed by atoms with E-state index in [1.807, 2.05) is 17.4 Å². The van der Waals surface area contributed by atoms with Crippen LogP contribution < -0.4 is 0 Å². The highest BCUT2D eigenvalue weighted by Crippen LogP contribution is 2.41. The molecule has 2 aromatic heterocycles. The third kappa shape index (κ3) is 4.19. The van der Waals surface area contributed by atoms with Gasteiger partial charge in [-0.15, -0.1) is 11.3 Å². The second-order valence-electron chi connectivity index (χ2n) is 10.2. The van der Waals surface area contributed by atoms with Gasteiger partial charge in [-0.1, -0.05) is 127 Å². The van der Waals surface area contributed by atoms with Gasteiger partial charge in [-0.3, -0.25) is 0 Å². The third-order valence-corrected chi connectivity index (χ3v) is 8.90. The summed E-state index contributed by atoms with van der Waals surface area (Å²) >= 11 is 1.82. The van der Waals surface area contributed by atoms with Crippen LogP contribution in [0.1, 0.15) is 0 Å². The summed E-state index contributed by atoms with van der Waals surface area (Å²) in [7, 11) is 0. The van der Waals surface area contributed by atoms with Gasteiger partial charge in [0.1, 0.15) is 0 Å². The first kappa shape index (κ1) is 23.7. The second-order valence-corrected chi connectivity index (χ2v) is 11.3. The molecule has 0 bridgehead atoms. The van der Waals surface area contributed by atoms with Crippen molar-refractivity contribution in [2.75, 3.05) is 0 Å². The minimum absolute atomic E-state index is 0.737. The fourth-order valence-corrected chi connectivity index (χ4v) is 6.90. The van der Waals surface area contributed by atoms with Gasteiger partial charge >= 0.3 is 0 Å². The van der Waals surface area contributed by atoms with E-state index in [2.05, 4.69) is 140 Å². The smallest absolute Gasteiger partial charge is 0.160 e. The first-order valence-corrected chi connectivity index (χ1v) is 14.6. The summed E-state index contributed by atoms with van der Waals surface area (Å²) in [6.45, 7) is 0. The van der Waals surface area contributed by atoms with Crippen molar-refractivity contribution >= 4 is 42.4 Å². The summed E-state index contributed by atoms with van der Waals surface area (Å²) in [6.07, 6.45) is 0. The fraction of sp³-hybridized carbons (Fsp3) is 0. The number of aromatic nitrogens is 2. The first-order valence-electron chi connectivity index (χ1n) is 13.8. The molecule has 0 spiro atoms. The fourth-order valence-electron chi connectivity index (χ4n) is 5.66. The summed E-state index contributed by atoms with van der Waals surface area (Å²) in [4.78, 5) is 10.3. The van der Waals surface area contributed by atoms with Crippen LogP contribution in [-0.4, -0.2) is 9.97 Å². The van der Waals surface area contributed by atoms with Gasteiger partial charge in [0.2, 0.25) is 0 Å². The molecular weight excluding hydrogens is 516 g/mol. The van der Waals surface area contributed by atoms with Crippen LogP contribution >= 0.6 is 11.3 Å². The van der Waals surface area contributed by atoms with Crippen molar-refractivity contribution in [1.82, 2.24) is 9.97 Å². The first-order chi connectivity index (χ1) is 20.3. The Bertz CT molecular complexity index is 2180. The minimum atomic E-state index is 0.737. The molecule has 8 rings (SSSR count). The number of nitrogens with zero attached hydrogens (tertiary/aromatic N) is 2. The normalized spacial score (nSPS) is 11.4. The van der Waals surface area contributed by atoms with E-state index in [9.17, 15) is 0 Å². The maximum atomic E-state index is 5.21. The number of fused-ring (bicyclic) bond motifs is 5. The number of hydrogen-bond acceptors (Lipinski definition) is 3. The van der Waals surface area contributed by atoms with Gasteiger partial charge < -0.3 is 0 Å². The Kier molecular flexibility index (Phi) is 5.68. The molecule has 2 nitrogen and oxygen atoms in total. The number of rotatable bonds is 4. The largest absolute Gasteiger partial charge is 0.228 e. The quantitative estimate of drug-likeness (QED) is 0.222. The molecule has 0 saturated heterocycles. The molecule has 0 atom stereocenters.